The molecule has 0 spiro atoms. The molecule has 0 fully saturated rings. The number of hydrogen-bond acceptors (Lipinski definition) is 9. The second kappa shape index (κ2) is 9.78. The van der Waals surface area contributed by atoms with Crippen molar-refractivity contribution in [2.24, 2.45) is 4.99 Å². The van der Waals surface area contributed by atoms with Crippen LogP contribution in [0, 0.1) is 0 Å². The highest BCUT2D eigenvalue weighted by molar-refractivity contribution is 7.11. The first-order chi connectivity index (χ1) is 16.3. The number of aromatic nitrogens is 1. The Kier molecular flexibility index (Phi) is 6.80. The Morgan fingerprint density at radius 1 is 1.24 bits per heavy atom. The van der Waals surface area contributed by atoms with Crippen molar-refractivity contribution in [3.05, 3.63) is 77.1 Å². The molecule has 8 nitrogen and oxygen atoms in total. The Labute approximate surface area is 203 Å². The molecule has 0 bridgehead atoms. The summed E-state index contributed by atoms with van der Waals surface area (Å²) in [6.07, 6.45) is 1.82. The van der Waals surface area contributed by atoms with Gasteiger partial charge in [-0.15, -0.1) is 11.3 Å². The zero-order valence-corrected chi connectivity index (χ0v) is 20.6. The number of carbonyl (C=O) groups is 2. The number of allylic oxidation sites excluding steroid dienone is 1. The molecule has 4 rings (SSSR count). The van der Waals surface area contributed by atoms with Crippen LogP contribution in [0.2, 0.25) is 0 Å². The molecule has 0 saturated heterocycles. The van der Waals surface area contributed by atoms with Crippen LogP contribution in [0.5, 0.6) is 11.5 Å². The van der Waals surface area contributed by atoms with Crippen molar-refractivity contribution in [3.8, 4) is 11.5 Å². The zero-order valence-electron chi connectivity index (χ0n) is 19.0. The quantitative estimate of drug-likeness (QED) is 0.383. The van der Waals surface area contributed by atoms with Crippen LogP contribution in [0.15, 0.2) is 56.8 Å². The van der Waals surface area contributed by atoms with Gasteiger partial charge in [-0.3, -0.25) is 14.2 Å². The average Bonchev–Trinajstić information content (AvgIpc) is 3.41. The van der Waals surface area contributed by atoms with E-state index in [2.05, 4.69) is 4.99 Å². The molecule has 176 valence electrons. The minimum atomic E-state index is -0.791. The largest absolute Gasteiger partial charge is 0.493 e. The summed E-state index contributed by atoms with van der Waals surface area (Å²) in [6, 6.07) is 7.97. The number of hydrogen-bond donors (Lipinski definition) is 0. The molecule has 1 atom stereocenters. The van der Waals surface area contributed by atoms with E-state index in [0.717, 1.165) is 4.88 Å². The molecule has 0 amide bonds. The van der Waals surface area contributed by atoms with Gasteiger partial charge in [-0.2, -0.15) is 0 Å². The number of fused-ring (bicyclic) bond motifs is 1. The van der Waals surface area contributed by atoms with Crippen molar-refractivity contribution in [3.63, 3.8) is 0 Å². The van der Waals surface area contributed by atoms with Crippen LogP contribution in [0.1, 0.15) is 37.3 Å². The molecule has 0 radical (unpaired) electrons. The van der Waals surface area contributed by atoms with Crippen molar-refractivity contribution in [1.29, 1.82) is 0 Å². The van der Waals surface area contributed by atoms with Crippen molar-refractivity contribution in [2.45, 2.75) is 26.8 Å². The van der Waals surface area contributed by atoms with E-state index in [9.17, 15) is 14.4 Å². The monoisotopic (exact) mass is 498 g/mol. The lowest BCUT2D eigenvalue weighted by atomic mass is 9.95. The number of esters is 2. The number of thiazole rings is 1. The molecule has 10 heteroatoms. The van der Waals surface area contributed by atoms with E-state index in [-0.39, 0.29) is 23.5 Å². The Hall–Kier alpha value is -3.50. The van der Waals surface area contributed by atoms with E-state index in [1.165, 1.54) is 41.3 Å². The van der Waals surface area contributed by atoms with Crippen LogP contribution < -0.4 is 24.4 Å². The molecule has 0 unspecified atom stereocenters. The van der Waals surface area contributed by atoms with Crippen LogP contribution in [-0.4, -0.2) is 30.2 Å². The maximum atomic E-state index is 13.5. The number of nitrogens with zero attached hydrogens (tertiary/aromatic N) is 2. The van der Waals surface area contributed by atoms with Crippen LogP contribution in [0.4, 0.5) is 0 Å². The molecular formula is C24H22N2O6S2. The molecule has 34 heavy (non-hydrogen) atoms. The van der Waals surface area contributed by atoms with Crippen LogP contribution in [0.3, 0.4) is 0 Å². The summed E-state index contributed by atoms with van der Waals surface area (Å²) in [6.45, 7) is 4.92. The Morgan fingerprint density at radius 2 is 2.03 bits per heavy atom. The van der Waals surface area contributed by atoms with E-state index in [1.807, 2.05) is 23.6 Å². The third kappa shape index (κ3) is 4.46. The van der Waals surface area contributed by atoms with Crippen molar-refractivity contribution >= 4 is 40.7 Å². The van der Waals surface area contributed by atoms with Gasteiger partial charge < -0.3 is 14.2 Å². The first-order valence-corrected chi connectivity index (χ1v) is 12.1. The normalized spacial score (nSPS) is 15.5. The second-order valence-electron chi connectivity index (χ2n) is 7.32. The van der Waals surface area contributed by atoms with Gasteiger partial charge in [0.1, 0.15) is 0 Å². The van der Waals surface area contributed by atoms with Gasteiger partial charge in [0, 0.05) is 11.8 Å². The Morgan fingerprint density at radius 3 is 2.68 bits per heavy atom. The first kappa shape index (κ1) is 23.7. The lowest BCUT2D eigenvalue weighted by Crippen LogP contribution is -2.39. The Bertz CT molecular complexity index is 1460. The van der Waals surface area contributed by atoms with Crippen molar-refractivity contribution < 1.29 is 23.8 Å². The number of carbonyl (C=O) groups excluding carboxylic acids is 2. The standard InChI is InChI=1S/C24H22N2O6S2/c1-5-31-23(29)20-13(2)25-24-26(22(28)19(34-24)12-16-7-6-10-33-16)21(20)15-8-9-17(32-14(3)27)18(11-15)30-4/h6-12,21H,5H2,1-4H3/b19-12+/t21-/m1/s1. The maximum Gasteiger partial charge on any atom is 0.338 e. The third-order valence-corrected chi connectivity index (χ3v) is 6.89. The number of rotatable bonds is 6. The van der Waals surface area contributed by atoms with Gasteiger partial charge in [0.15, 0.2) is 16.3 Å². The van der Waals surface area contributed by atoms with Gasteiger partial charge >= 0.3 is 11.9 Å². The SMILES string of the molecule is CCOC(=O)C1=C(C)N=c2s/c(=C/c3cccs3)c(=O)n2[C@@H]1c1ccc(OC(C)=O)c(OC)c1. The van der Waals surface area contributed by atoms with Gasteiger partial charge in [0.2, 0.25) is 0 Å². The van der Waals surface area contributed by atoms with Crippen molar-refractivity contribution in [1.82, 2.24) is 4.57 Å². The van der Waals surface area contributed by atoms with Crippen LogP contribution in [0.25, 0.3) is 6.08 Å². The molecule has 3 heterocycles. The summed E-state index contributed by atoms with van der Waals surface area (Å²) in [4.78, 5) is 44.0. The highest BCUT2D eigenvalue weighted by Gasteiger charge is 2.34. The molecule has 0 saturated carbocycles. The van der Waals surface area contributed by atoms with Gasteiger partial charge in [0.25, 0.3) is 5.56 Å². The first-order valence-electron chi connectivity index (χ1n) is 10.4. The maximum absolute atomic E-state index is 13.5. The summed E-state index contributed by atoms with van der Waals surface area (Å²) < 4.78 is 17.9. The minimum absolute atomic E-state index is 0.180. The molecule has 0 N–H and O–H groups in total. The zero-order chi connectivity index (χ0) is 24.4. The average molecular weight is 499 g/mol. The summed E-state index contributed by atoms with van der Waals surface area (Å²) in [5, 5.41) is 1.94. The molecule has 0 aliphatic carbocycles. The van der Waals surface area contributed by atoms with Crippen LogP contribution >= 0.6 is 22.7 Å². The predicted molar refractivity (Wildman–Crippen MR) is 129 cm³/mol. The summed E-state index contributed by atoms with van der Waals surface area (Å²) in [5.74, 6) is -0.506. The van der Waals surface area contributed by atoms with E-state index in [1.54, 1.807) is 32.0 Å². The fraction of sp³-hybridized carbons (Fsp3) is 0.250. The minimum Gasteiger partial charge on any atom is -0.493 e. The van der Waals surface area contributed by atoms with Gasteiger partial charge in [-0.25, -0.2) is 9.79 Å². The molecule has 2 aromatic heterocycles. The second-order valence-corrected chi connectivity index (χ2v) is 9.31. The number of ether oxygens (including phenoxy) is 3. The van der Waals surface area contributed by atoms with E-state index in [4.69, 9.17) is 14.2 Å². The topological polar surface area (TPSA) is 96.2 Å². The fourth-order valence-corrected chi connectivity index (χ4v) is 5.47. The predicted octanol–water partition coefficient (Wildman–Crippen LogP) is 2.79. The lowest BCUT2D eigenvalue weighted by molar-refractivity contribution is -0.139. The van der Waals surface area contributed by atoms with Gasteiger partial charge in [-0.1, -0.05) is 23.5 Å². The fourth-order valence-electron chi connectivity index (χ4n) is 3.70. The summed E-state index contributed by atoms with van der Waals surface area (Å²) >= 11 is 2.78. The molecule has 3 aromatic rings. The van der Waals surface area contributed by atoms with Gasteiger partial charge in [-0.05, 0) is 49.1 Å². The highest BCUT2D eigenvalue weighted by Crippen LogP contribution is 2.36. The molecule has 1 aliphatic heterocycles. The Balaban J connectivity index is 1.95. The molecule has 1 aliphatic rings. The van der Waals surface area contributed by atoms with Crippen LogP contribution in [-0.2, 0) is 14.3 Å². The molecule has 1 aromatic carbocycles. The summed E-state index contributed by atoms with van der Waals surface area (Å²) in [5.41, 5.74) is 1.06. The number of benzene rings is 1. The van der Waals surface area contributed by atoms with E-state index >= 15 is 0 Å². The van der Waals surface area contributed by atoms with E-state index in [0.29, 0.717) is 26.3 Å². The lowest BCUT2D eigenvalue weighted by Gasteiger charge is -2.25. The molecular weight excluding hydrogens is 476 g/mol. The number of methoxy groups -OCH3 is 1. The highest BCUT2D eigenvalue weighted by atomic mass is 32.1. The summed E-state index contributed by atoms with van der Waals surface area (Å²) in [7, 11) is 1.45. The van der Waals surface area contributed by atoms with Crippen molar-refractivity contribution in [2.75, 3.05) is 13.7 Å². The van der Waals surface area contributed by atoms with Gasteiger partial charge in [0.05, 0.1) is 35.6 Å². The third-order valence-electron chi connectivity index (χ3n) is 5.09. The smallest absolute Gasteiger partial charge is 0.338 e. The number of thiophene rings is 1. The van der Waals surface area contributed by atoms with E-state index < -0.39 is 18.0 Å².